The topological polar surface area (TPSA) is 81.4 Å². The molecule has 0 unspecified atom stereocenters. The van der Waals surface area contributed by atoms with Crippen LogP contribution in [0.5, 0.6) is 5.75 Å². The van der Waals surface area contributed by atoms with Crippen LogP contribution in [0, 0.1) is 0 Å². The molecule has 0 aromatic heterocycles. The number of carbonyl (C=O) groups is 2. The normalized spacial score (nSPS) is 10.6. The first-order valence-corrected chi connectivity index (χ1v) is 10.4. The number of nitrogens with two attached hydrogens (primary N) is 1. The molecule has 1 aromatic carbocycles. The number of amides is 2. The van der Waals surface area contributed by atoms with Crippen molar-refractivity contribution in [1.82, 2.24) is 5.32 Å². The number of rotatable bonds is 16. The van der Waals surface area contributed by atoms with E-state index >= 15 is 0 Å². The zero-order valence-corrected chi connectivity index (χ0v) is 16.8. The summed E-state index contributed by atoms with van der Waals surface area (Å²) in [6.45, 7) is 3.41. The lowest BCUT2D eigenvalue weighted by Crippen LogP contribution is -2.25. The molecule has 0 aliphatic rings. The van der Waals surface area contributed by atoms with Crippen molar-refractivity contribution in [3.63, 3.8) is 0 Å². The minimum absolute atomic E-state index is 0.148. The van der Waals surface area contributed by atoms with Crippen LogP contribution in [-0.4, -0.2) is 25.0 Å². The van der Waals surface area contributed by atoms with Crippen molar-refractivity contribution in [1.29, 1.82) is 0 Å². The zero-order valence-electron chi connectivity index (χ0n) is 16.8. The monoisotopic (exact) mass is 376 g/mol. The molecule has 3 N–H and O–H groups in total. The first-order valence-electron chi connectivity index (χ1n) is 10.4. The highest BCUT2D eigenvalue weighted by atomic mass is 16.5. The Bertz CT molecular complexity index is 529. The van der Waals surface area contributed by atoms with E-state index in [4.69, 9.17) is 10.5 Å². The van der Waals surface area contributed by atoms with Gasteiger partial charge in [-0.15, -0.1) is 0 Å². The van der Waals surface area contributed by atoms with E-state index in [0.717, 1.165) is 12.2 Å². The molecule has 1 rings (SSSR count). The van der Waals surface area contributed by atoms with Crippen molar-refractivity contribution >= 4 is 11.8 Å². The fraction of sp³-hybridized carbons (Fsp3) is 0.636. The maximum atomic E-state index is 12.0. The van der Waals surface area contributed by atoms with Crippen LogP contribution in [0.4, 0.5) is 0 Å². The van der Waals surface area contributed by atoms with E-state index < -0.39 is 0 Å². The van der Waals surface area contributed by atoms with Gasteiger partial charge in [0.15, 0.2) is 0 Å². The molecule has 5 heteroatoms. The van der Waals surface area contributed by atoms with Gasteiger partial charge in [0.1, 0.15) is 5.75 Å². The van der Waals surface area contributed by atoms with Gasteiger partial charge < -0.3 is 15.8 Å². The van der Waals surface area contributed by atoms with Gasteiger partial charge in [-0.25, -0.2) is 0 Å². The molecular weight excluding hydrogens is 340 g/mol. The molecule has 0 atom stereocenters. The molecular formula is C22H36N2O3. The molecule has 0 spiro atoms. The number of benzene rings is 1. The molecule has 0 aliphatic heterocycles. The van der Waals surface area contributed by atoms with Crippen molar-refractivity contribution in [3.05, 3.63) is 29.8 Å². The summed E-state index contributed by atoms with van der Waals surface area (Å²) in [4.78, 5) is 22.6. The van der Waals surface area contributed by atoms with Gasteiger partial charge in [-0.2, -0.15) is 0 Å². The number of hydrogen-bond acceptors (Lipinski definition) is 3. The minimum atomic E-state index is -0.349. The van der Waals surface area contributed by atoms with Crippen LogP contribution in [0.2, 0.25) is 0 Å². The molecule has 2 amide bonds. The number of ether oxygens (including phenoxy) is 1. The third-order valence-electron chi connectivity index (χ3n) is 4.52. The number of hydrogen-bond donors (Lipinski definition) is 2. The lowest BCUT2D eigenvalue weighted by atomic mass is 10.1. The Morgan fingerprint density at radius 2 is 1.48 bits per heavy atom. The highest BCUT2D eigenvalue weighted by Crippen LogP contribution is 2.14. The van der Waals surface area contributed by atoms with Gasteiger partial charge >= 0.3 is 0 Å². The predicted octanol–water partition coefficient (Wildman–Crippen LogP) is 4.59. The lowest BCUT2D eigenvalue weighted by Gasteiger charge is -2.08. The van der Waals surface area contributed by atoms with Gasteiger partial charge in [-0.1, -0.05) is 58.3 Å². The SMILES string of the molecule is CCCCCCCCCCCOc1ccc(C(=O)NCCCC(N)=O)cc1. The molecule has 0 fully saturated rings. The molecule has 0 aliphatic carbocycles. The Balaban J connectivity index is 2.09. The van der Waals surface area contributed by atoms with Crippen LogP contribution in [0.3, 0.4) is 0 Å². The second kappa shape index (κ2) is 15.1. The third kappa shape index (κ3) is 12.1. The minimum Gasteiger partial charge on any atom is -0.494 e. The highest BCUT2D eigenvalue weighted by Gasteiger charge is 2.05. The van der Waals surface area contributed by atoms with Crippen molar-refractivity contribution in [2.45, 2.75) is 77.6 Å². The molecule has 0 radical (unpaired) electrons. The average Bonchev–Trinajstić information content (AvgIpc) is 2.67. The van der Waals surface area contributed by atoms with Crippen LogP contribution >= 0.6 is 0 Å². The first-order chi connectivity index (χ1) is 13.1. The van der Waals surface area contributed by atoms with Crippen LogP contribution in [0.15, 0.2) is 24.3 Å². The van der Waals surface area contributed by atoms with Crippen molar-refractivity contribution in [2.75, 3.05) is 13.2 Å². The van der Waals surface area contributed by atoms with Crippen molar-refractivity contribution < 1.29 is 14.3 Å². The van der Waals surface area contributed by atoms with E-state index in [9.17, 15) is 9.59 Å². The molecule has 0 saturated heterocycles. The summed E-state index contributed by atoms with van der Waals surface area (Å²) in [5, 5.41) is 2.77. The maximum absolute atomic E-state index is 12.0. The Morgan fingerprint density at radius 1 is 0.889 bits per heavy atom. The Kier molecular flexibility index (Phi) is 12.8. The Labute approximate surface area is 164 Å². The molecule has 0 heterocycles. The molecule has 27 heavy (non-hydrogen) atoms. The van der Waals surface area contributed by atoms with Gasteiger partial charge in [-0.3, -0.25) is 9.59 Å². The van der Waals surface area contributed by atoms with E-state index in [1.807, 2.05) is 12.1 Å². The van der Waals surface area contributed by atoms with E-state index in [-0.39, 0.29) is 18.2 Å². The van der Waals surface area contributed by atoms with E-state index in [2.05, 4.69) is 12.2 Å². The summed E-state index contributed by atoms with van der Waals surface area (Å²) in [5.74, 6) is 0.294. The molecule has 1 aromatic rings. The largest absolute Gasteiger partial charge is 0.494 e. The summed E-state index contributed by atoms with van der Waals surface area (Å²) >= 11 is 0. The molecule has 0 saturated carbocycles. The van der Waals surface area contributed by atoms with Crippen LogP contribution < -0.4 is 15.8 Å². The molecule has 0 bridgehead atoms. The van der Waals surface area contributed by atoms with Gasteiger partial charge in [0.25, 0.3) is 5.91 Å². The van der Waals surface area contributed by atoms with E-state index in [1.54, 1.807) is 12.1 Å². The Hall–Kier alpha value is -2.04. The standard InChI is InChI=1S/C22H36N2O3/c1-2-3-4-5-6-7-8-9-10-18-27-20-15-13-19(14-16-20)22(26)24-17-11-12-21(23)25/h13-16H,2-12,17-18H2,1H3,(H2,23,25)(H,24,26). The van der Waals surface area contributed by atoms with E-state index in [0.29, 0.717) is 25.1 Å². The lowest BCUT2D eigenvalue weighted by molar-refractivity contribution is -0.118. The smallest absolute Gasteiger partial charge is 0.251 e. The summed E-state index contributed by atoms with van der Waals surface area (Å²) in [6, 6.07) is 7.17. The molecule has 5 nitrogen and oxygen atoms in total. The number of carbonyl (C=O) groups excluding carboxylic acids is 2. The van der Waals surface area contributed by atoms with Crippen LogP contribution in [0.25, 0.3) is 0 Å². The Morgan fingerprint density at radius 3 is 2.07 bits per heavy atom. The third-order valence-corrected chi connectivity index (χ3v) is 4.52. The van der Waals surface area contributed by atoms with Crippen LogP contribution in [-0.2, 0) is 4.79 Å². The summed E-state index contributed by atoms with van der Waals surface area (Å²) < 4.78 is 5.74. The fourth-order valence-electron chi connectivity index (χ4n) is 2.87. The zero-order chi connectivity index (χ0) is 19.7. The summed E-state index contributed by atoms with van der Waals surface area (Å²) in [7, 11) is 0. The first kappa shape index (κ1) is 23.0. The second-order valence-electron chi connectivity index (χ2n) is 7.03. The highest BCUT2D eigenvalue weighted by molar-refractivity contribution is 5.94. The number of nitrogens with one attached hydrogen (secondary N) is 1. The van der Waals surface area contributed by atoms with Crippen molar-refractivity contribution in [2.24, 2.45) is 5.73 Å². The molecule has 152 valence electrons. The van der Waals surface area contributed by atoms with Gasteiger partial charge in [-0.05, 0) is 37.1 Å². The van der Waals surface area contributed by atoms with E-state index in [1.165, 1.54) is 51.4 Å². The van der Waals surface area contributed by atoms with Gasteiger partial charge in [0, 0.05) is 18.5 Å². The van der Waals surface area contributed by atoms with Crippen molar-refractivity contribution in [3.8, 4) is 5.75 Å². The predicted molar refractivity (Wildman–Crippen MR) is 110 cm³/mol. The summed E-state index contributed by atoms with van der Waals surface area (Å²) in [5.41, 5.74) is 5.66. The second-order valence-corrected chi connectivity index (χ2v) is 7.03. The van der Waals surface area contributed by atoms with Gasteiger partial charge in [0.2, 0.25) is 5.91 Å². The van der Waals surface area contributed by atoms with Gasteiger partial charge in [0.05, 0.1) is 6.61 Å². The average molecular weight is 377 g/mol. The quantitative estimate of drug-likeness (QED) is 0.414. The fourth-order valence-corrected chi connectivity index (χ4v) is 2.87. The van der Waals surface area contributed by atoms with Crippen LogP contribution in [0.1, 0.15) is 87.9 Å². The number of primary amides is 1. The summed E-state index contributed by atoms with van der Waals surface area (Å²) in [6.07, 6.45) is 12.5. The maximum Gasteiger partial charge on any atom is 0.251 e. The number of unbranched alkanes of at least 4 members (excludes halogenated alkanes) is 8.